The average molecular weight is 310 g/mol. The maximum atomic E-state index is 12.0. The number of nitrogens with zero attached hydrogens (tertiary/aromatic N) is 2. The molecular weight excluding hydrogens is 284 g/mol. The van der Waals surface area contributed by atoms with E-state index in [9.17, 15) is 9.90 Å². The second-order valence-electron chi connectivity index (χ2n) is 6.24. The molecule has 2 amide bonds. The molecule has 2 rings (SSSR count). The van der Waals surface area contributed by atoms with Crippen LogP contribution in [-0.4, -0.2) is 33.9 Å². The fourth-order valence-corrected chi connectivity index (χ4v) is 2.14. The molecule has 1 fully saturated rings. The predicted octanol–water partition coefficient (Wildman–Crippen LogP) is 2.10. The van der Waals surface area contributed by atoms with Crippen molar-refractivity contribution in [3.63, 3.8) is 0 Å². The summed E-state index contributed by atoms with van der Waals surface area (Å²) in [5, 5.41) is 19.1. The molecule has 0 bridgehead atoms. The largest absolute Gasteiger partial charge is 0.393 e. The first-order chi connectivity index (χ1) is 10.5. The van der Waals surface area contributed by atoms with E-state index in [1.807, 2.05) is 20.8 Å². The van der Waals surface area contributed by atoms with Gasteiger partial charge in [-0.25, -0.2) is 4.79 Å². The van der Waals surface area contributed by atoms with Crippen LogP contribution in [0.5, 0.6) is 0 Å². The van der Waals surface area contributed by atoms with Crippen molar-refractivity contribution in [3.05, 3.63) is 11.7 Å². The molecule has 7 nitrogen and oxygen atoms in total. The Bertz CT molecular complexity index is 485. The van der Waals surface area contributed by atoms with Gasteiger partial charge in [-0.05, 0) is 31.6 Å². The summed E-state index contributed by atoms with van der Waals surface area (Å²) in [5.41, 5.74) is 0. The van der Waals surface area contributed by atoms with E-state index < -0.39 is 0 Å². The number of rotatable bonds is 8. The number of nitrogens with one attached hydrogen (secondary N) is 2. The van der Waals surface area contributed by atoms with Crippen LogP contribution in [0.4, 0.5) is 4.79 Å². The van der Waals surface area contributed by atoms with E-state index in [0.29, 0.717) is 31.2 Å². The number of urea groups is 1. The van der Waals surface area contributed by atoms with Gasteiger partial charge in [0.25, 0.3) is 0 Å². The van der Waals surface area contributed by atoms with Gasteiger partial charge in [-0.1, -0.05) is 25.9 Å². The second-order valence-corrected chi connectivity index (χ2v) is 6.24. The zero-order valence-corrected chi connectivity index (χ0v) is 13.5. The van der Waals surface area contributed by atoms with E-state index in [4.69, 9.17) is 4.52 Å². The highest BCUT2D eigenvalue weighted by molar-refractivity contribution is 5.74. The Kier molecular flexibility index (Phi) is 5.76. The fraction of sp³-hybridized carbons (Fsp3) is 0.800. The molecule has 124 valence electrons. The minimum atomic E-state index is -0.377. The number of carbonyl (C=O) groups excluding carboxylic acids is 1. The van der Waals surface area contributed by atoms with Crippen molar-refractivity contribution in [2.45, 2.75) is 64.5 Å². The average Bonchev–Trinajstić information content (AvgIpc) is 3.22. The van der Waals surface area contributed by atoms with Gasteiger partial charge in [0, 0.05) is 12.5 Å². The lowest BCUT2D eigenvalue weighted by Crippen LogP contribution is -2.40. The molecule has 3 N–H and O–H groups in total. The first-order valence-electron chi connectivity index (χ1n) is 8.07. The van der Waals surface area contributed by atoms with E-state index in [2.05, 4.69) is 20.8 Å². The summed E-state index contributed by atoms with van der Waals surface area (Å²) in [6.07, 6.45) is 3.07. The van der Waals surface area contributed by atoms with Crippen molar-refractivity contribution in [2.24, 2.45) is 5.92 Å². The molecule has 0 saturated heterocycles. The van der Waals surface area contributed by atoms with E-state index in [1.165, 1.54) is 0 Å². The van der Waals surface area contributed by atoms with E-state index in [-0.39, 0.29) is 24.1 Å². The lowest BCUT2D eigenvalue weighted by atomic mass is 10.0. The lowest BCUT2D eigenvalue weighted by Gasteiger charge is -2.19. The van der Waals surface area contributed by atoms with Gasteiger partial charge < -0.3 is 20.3 Å². The van der Waals surface area contributed by atoms with Gasteiger partial charge in [0.15, 0.2) is 5.82 Å². The number of hydrogen-bond acceptors (Lipinski definition) is 5. The molecule has 22 heavy (non-hydrogen) atoms. The Morgan fingerprint density at radius 1 is 1.45 bits per heavy atom. The fourth-order valence-electron chi connectivity index (χ4n) is 2.14. The highest BCUT2D eigenvalue weighted by atomic mass is 16.5. The summed E-state index contributed by atoms with van der Waals surface area (Å²) < 4.78 is 5.31. The van der Waals surface area contributed by atoms with Crippen LogP contribution in [0, 0.1) is 5.92 Å². The molecule has 1 heterocycles. The third-order valence-corrected chi connectivity index (χ3v) is 3.85. The molecule has 1 aliphatic carbocycles. The number of carbonyl (C=O) groups is 1. The number of aliphatic hydroxyl groups excluding tert-OH is 1. The van der Waals surface area contributed by atoms with E-state index in [0.717, 1.165) is 18.7 Å². The maximum Gasteiger partial charge on any atom is 0.315 e. The van der Waals surface area contributed by atoms with Gasteiger partial charge >= 0.3 is 6.03 Å². The molecule has 0 spiro atoms. The summed E-state index contributed by atoms with van der Waals surface area (Å²) in [4.78, 5) is 16.4. The van der Waals surface area contributed by atoms with Crippen molar-refractivity contribution < 1.29 is 14.4 Å². The SMILES string of the molecule is CCC(O)CCNC(=O)NC(c1nc(C2CC2)no1)C(C)C. The number of aliphatic hydroxyl groups is 1. The van der Waals surface area contributed by atoms with Gasteiger partial charge in [-0.15, -0.1) is 0 Å². The summed E-state index contributed by atoms with van der Waals surface area (Å²) in [5.74, 6) is 1.77. The van der Waals surface area contributed by atoms with Crippen LogP contribution in [0.3, 0.4) is 0 Å². The Morgan fingerprint density at radius 2 is 2.18 bits per heavy atom. The van der Waals surface area contributed by atoms with Crippen LogP contribution in [0.1, 0.15) is 70.1 Å². The third-order valence-electron chi connectivity index (χ3n) is 3.85. The highest BCUT2D eigenvalue weighted by Gasteiger charge is 2.31. The van der Waals surface area contributed by atoms with Crippen LogP contribution in [-0.2, 0) is 0 Å². The molecule has 1 saturated carbocycles. The van der Waals surface area contributed by atoms with Gasteiger partial charge in [0.05, 0.1) is 6.10 Å². The molecule has 1 aliphatic rings. The Labute approximate surface area is 130 Å². The van der Waals surface area contributed by atoms with E-state index >= 15 is 0 Å². The van der Waals surface area contributed by atoms with Crippen LogP contribution in [0.2, 0.25) is 0 Å². The maximum absolute atomic E-state index is 12.0. The molecular formula is C15H26N4O3. The van der Waals surface area contributed by atoms with Crippen LogP contribution >= 0.6 is 0 Å². The zero-order chi connectivity index (χ0) is 16.1. The monoisotopic (exact) mass is 310 g/mol. The normalized spacial score (nSPS) is 17.3. The van der Waals surface area contributed by atoms with Crippen LogP contribution < -0.4 is 10.6 Å². The molecule has 1 aromatic rings. The highest BCUT2D eigenvalue weighted by Crippen LogP contribution is 2.38. The third kappa shape index (κ3) is 4.69. The number of amides is 2. The quantitative estimate of drug-likeness (QED) is 0.682. The second kappa shape index (κ2) is 7.58. The summed E-state index contributed by atoms with van der Waals surface area (Å²) in [6.45, 7) is 6.33. The van der Waals surface area contributed by atoms with Crippen molar-refractivity contribution in [2.75, 3.05) is 6.54 Å². The molecule has 1 aromatic heterocycles. The first kappa shape index (κ1) is 16.7. The van der Waals surface area contributed by atoms with Crippen molar-refractivity contribution in [1.29, 1.82) is 0 Å². The van der Waals surface area contributed by atoms with Crippen molar-refractivity contribution in [1.82, 2.24) is 20.8 Å². The van der Waals surface area contributed by atoms with Gasteiger partial charge in [-0.2, -0.15) is 4.98 Å². The predicted molar refractivity (Wildman–Crippen MR) is 81.3 cm³/mol. The topological polar surface area (TPSA) is 100 Å². The van der Waals surface area contributed by atoms with Crippen LogP contribution in [0.25, 0.3) is 0 Å². The molecule has 0 aliphatic heterocycles. The summed E-state index contributed by atoms with van der Waals surface area (Å²) >= 11 is 0. The summed E-state index contributed by atoms with van der Waals surface area (Å²) in [7, 11) is 0. The Morgan fingerprint density at radius 3 is 2.77 bits per heavy atom. The van der Waals surface area contributed by atoms with Gasteiger partial charge in [0.2, 0.25) is 5.89 Å². The summed E-state index contributed by atoms with van der Waals surface area (Å²) in [6, 6.07) is -0.593. The molecule has 0 aromatic carbocycles. The van der Waals surface area contributed by atoms with Gasteiger partial charge in [-0.3, -0.25) is 0 Å². The molecule has 0 radical (unpaired) electrons. The first-order valence-corrected chi connectivity index (χ1v) is 8.07. The smallest absolute Gasteiger partial charge is 0.315 e. The van der Waals surface area contributed by atoms with Crippen molar-refractivity contribution in [3.8, 4) is 0 Å². The zero-order valence-electron chi connectivity index (χ0n) is 13.5. The Balaban J connectivity index is 1.86. The molecule has 7 heteroatoms. The molecule has 2 unspecified atom stereocenters. The Hall–Kier alpha value is -1.63. The standard InChI is InChI=1S/C15H26N4O3/c1-4-11(20)7-8-16-15(21)17-12(9(2)3)14-18-13(19-22-14)10-5-6-10/h9-12,20H,4-8H2,1-3H3,(H2,16,17,21). The van der Waals surface area contributed by atoms with Crippen LogP contribution in [0.15, 0.2) is 4.52 Å². The number of aromatic nitrogens is 2. The number of hydrogen-bond donors (Lipinski definition) is 3. The lowest BCUT2D eigenvalue weighted by molar-refractivity contribution is 0.159. The van der Waals surface area contributed by atoms with Crippen molar-refractivity contribution >= 4 is 6.03 Å². The van der Waals surface area contributed by atoms with E-state index in [1.54, 1.807) is 0 Å². The molecule has 2 atom stereocenters. The van der Waals surface area contributed by atoms with Gasteiger partial charge in [0.1, 0.15) is 6.04 Å². The minimum absolute atomic E-state index is 0.138. The minimum Gasteiger partial charge on any atom is -0.393 e.